The van der Waals surface area contributed by atoms with Gasteiger partial charge < -0.3 is 14.2 Å². The predicted molar refractivity (Wildman–Crippen MR) is 166 cm³/mol. The molecule has 0 bridgehead atoms. The van der Waals surface area contributed by atoms with E-state index in [0.29, 0.717) is 35.7 Å². The van der Waals surface area contributed by atoms with Gasteiger partial charge in [-0.2, -0.15) is 5.10 Å². The van der Waals surface area contributed by atoms with Crippen molar-refractivity contribution in [1.29, 1.82) is 0 Å². The largest absolute Gasteiger partial charge is 0.494 e. The molecule has 2 heterocycles. The monoisotopic (exact) mass is 594 g/mol. The third kappa shape index (κ3) is 7.77. The van der Waals surface area contributed by atoms with Gasteiger partial charge in [-0.25, -0.2) is 5.43 Å². The quantitative estimate of drug-likeness (QED) is 0.107. The maximum atomic E-state index is 12.7. The van der Waals surface area contributed by atoms with Crippen molar-refractivity contribution in [1.82, 2.24) is 25.2 Å². The molecule has 2 aromatic heterocycles. The topological polar surface area (TPSA) is 113 Å². The van der Waals surface area contributed by atoms with Crippen molar-refractivity contribution in [2.24, 2.45) is 5.10 Å². The van der Waals surface area contributed by atoms with Crippen molar-refractivity contribution in [3.05, 3.63) is 108 Å². The number of pyridine rings is 1. The van der Waals surface area contributed by atoms with Crippen LogP contribution < -0.4 is 19.6 Å². The normalized spacial score (nSPS) is 10.9. The van der Waals surface area contributed by atoms with Crippen LogP contribution in [-0.2, 0) is 11.4 Å². The average molecular weight is 595 g/mol. The Kier molecular flexibility index (Phi) is 9.99. The van der Waals surface area contributed by atoms with Gasteiger partial charge >= 0.3 is 0 Å². The first-order valence-electron chi connectivity index (χ1n) is 13.5. The third-order valence-corrected chi connectivity index (χ3v) is 7.05. The summed E-state index contributed by atoms with van der Waals surface area (Å²) in [6, 6.07) is 26.7. The van der Waals surface area contributed by atoms with Crippen molar-refractivity contribution >= 4 is 23.9 Å². The van der Waals surface area contributed by atoms with Crippen LogP contribution in [0.15, 0.2) is 108 Å². The van der Waals surface area contributed by atoms with Crippen molar-refractivity contribution in [2.75, 3.05) is 19.5 Å². The van der Waals surface area contributed by atoms with E-state index < -0.39 is 0 Å². The third-order valence-electron chi connectivity index (χ3n) is 6.12. The lowest BCUT2D eigenvalue weighted by Gasteiger charge is -2.11. The lowest BCUT2D eigenvalue weighted by atomic mass is 10.2. The van der Waals surface area contributed by atoms with Crippen LogP contribution in [0.3, 0.4) is 0 Å². The molecular formula is C32H30N6O4S. The molecule has 0 radical (unpaired) electrons. The Balaban J connectivity index is 1.22. The Morgan fingerprint density at radius 1 is 0.977 bits per heavy atom. The number of nitrogens with one attached hydrogen (secondary N) is 1. The van der Waals surface area contributed by atoms with Crippen LogP contribution in [0, 0.1) is 0 Å². The molecule has 0 fully saturated rings. The van der Waals surface area contributed by atoms with E-state index in [1.165, 1.54) is 11.8 Å². The zero-order chi connectivity index (χ0) is 29.9. The van der Waals surface area contributed by atoms with Gasteiger partial charge in [-0.3, -0.25) is 14.3 Å². The van der Waals surface area contributed by atoms with Crippen molar-refractivity contribution in [3.8, 4) is 34.3 Å². The number of hydrogen-bond donors (Lipinski definition) is 1. The minimum Gasteiger partial charge on any atom is -0.494 e. The number of hydrazone groups is 1. The van der Waals surface area contributed by atoms with Crippen LogP contribution in [0.4, 0.5) is 0 Å². The van der Waals surface area contributed by atoms with Crippen LogP contribution in [0.2, 0.25) is 0 Å². The Morgan fingerprint density at radius 3 is 2.56 bits per heavy atom. The molecule has 0 aliphatic carbocycles. The lowest BCUT2D eigenvalue weighted by molar-refractivity contribution is -0.118. The number of aromatic nitrogens is 4. The number of rotatable bonds is 13. The average Bonchev–Trinajstić information content (AvgIpc) is 3.48. The van der Waals surface area contributed by atoms with E-state index >= 15 is 0 Å². The van der Waals surface area contributed by atoms with Crippen molar-refractivity contribution in [2.45, 2.75) is 18.7 Å². The molecule has 0 saturated carbocycles. The Hall–Kier alpha value is -5.16. The number of ether oxygens (including phenoxy) is 3. The molecule has 3 aromatic carbocycles. The molecule has 1 amide bonds. The summed E-state index contributed by atoms with van der Waals surface area (Å²) in [6.45, 7) is 2.94. The van der Waals surface area contributed by atoms with E-state index in [0.717, 1.165) is 28.1 Å². The van der Waals surface area contributed by atoms with Crippen LogP contribution in [0.25, 0.3) is 17.1 Å². The van der Waals surface area contributed by atoms with Crippen LogP contribution >= 0.6 is 11.8 Å². The molecule has 1 N–H and O–H groups in total. The Labute approximate surface area is 253 Å². The van der Waals surface area contributed by atoms with Gasteiger partial charge in [0.15, 0.2) is 22.5 Å². The van der Waals surface area contributed by atoms with E-state index in [4.69, 9.17) is 14.2 Å². The zero-order valence-corrected chi connectivity index (χ0v) is 24.5. The Morgan fingerprint density at radius 2 is 1.81 bits per heavy atom. The maximum absolute atomic E-state index is 12.7. The number of amides is 1. The van der Waals surface area contributed by atoms with Gasteiger partial charge in [0.2, 0.25) is 0 Å². The first-order valence-corrected chi connectivity index (χ1v) is 14.5. The van der Waals surface area contributed by atoms with Gasteiger partial charge in [0.05, 0.1) is 25.7 Å². The first-order chi connectivity index (χ1) is 21.1. The molecule has 11 heteroatoms. The van der Waals surface area contributed by atoms with Crippen molar-refractivity contribution < 1.29 is 19.0 Å². The van der Waals surface area contributed by atoms with Gasteiger partial charge in [0.1, 0.15) is 12.4 Å². The predicted octanol–water partition coefficient (Wildman–Crippen LogP) is 5.56. The van der Waals surface area contributed by atoms with E-state index in [1.807, 2.05) is 90.4 Å². The van der Waals surface area contributed by atoms with Gasteiger partial charge in [0.25, 0.3) is 5.91 Å². The highest BCUT2D eigenvalue weighted by Gasteiger charge is 2.17. The minimum atomic E-state index is -0.291. The number of benzene rings is 3. The second-order valence-corrected chi connectivity index (χ2v) is 10.0. The minimum absolute atomic E-state index is 0.0785. The SMILES string of the molecule is CCOc1ccc(-n2c(SCC(=O)N/N=C/c3ccc(OCc4ccccc4)c(OC)c3)nnc2-c2cccnc2)cc1. The second-order valence-electron chi connectivity index (χ2n) is 9.08. The molecule has 0 aliphatic rings. The Bertz CT molecular complexity index is 1660. The number of carbonyl (C=O) groups excluding carboxylic acids is 1. The smallest absolute Gasteiger partial charge is 0.250 e. The van der Waals surface area contributed by atoms with E-state index in [1.54, 1.807) is 31.8 Å². The lowest BCUT2D eigenvalue weighted by Crippen LogP contribution is -2.20. The van der Waals surface area contributed by atoms with Crippen LogP contribution in [-0.4, -0.2) is 51.3 Å². The highest BCUT2D eigenvalue weighted by Crippen LogP contribution is 2.30. The molecule has 43 heavy (non-hydrogen) atoms. The standard InChI is InChI=1S/C32H30N6O4S/c1-3-41-27-14-12-26(13-15-27)38-31(25-10-7-17-33-20-25)36-37-32(38)43-22-30(39)35-34-19-24-11-16-28(29(18-24)40-2)42-21-23-8-5-4-6-9-23/h4-20H,3,21-22H2,1-2H3,(H,35,39)/b34-19+. The van der Waals surface area contributed by atoms with Gasteiger partial charge in [0, 0.05) is 23.6 Å². The molecule has 0 spiro atoms. The molecule has 0 unspecified atom stereocenters. The van der Waals surface area contributed by atoms with Crippen molar-refractivity contribution in [3.63, 3.8) is 0 Å². The summed E-state index contributed by atoms with van der Waals surface area (Å²) < 4.78 is 18.9. The van der Waals surface area contributed by atoms with E-state index in [2.05, 4.69) is 25.7 Å². The molecule has 5 aromatic rings. The molecule has 10 nitrogen and oxygen atoms in total. The number of hydrogen-bond acceptors (Lipinski definition) is 9. The van der Waals surface area contributed by atoms with Gasteiger partial charge in [-0.05, 0) is 72.6 Å². The molecule has 218 valence electrons. The second kappa shape index (κ2) is 14.6. The highest BCUT2D eigenvalue weighted by molar-refractivity contribution is 7.99. The van der Waals surface area contributed by atoms with Crippen LogP contribution in [0.5, 0.6) is 17.2 Å². The fourth-order valence-corrected chi connectivity index (χ4v) is 4.84. The molecular weight excluding hydrogens is 564 g/mol. The van der Waals surface area contributed by atoms with E-state index in [-0.39, 0.29) is 11.7 Å². The molecule has 0 aliphatic heterocycles. The summed E-state index contributed by atoms with van der Waals surface area (Å²) in [4.78, 5) is 16.9. The fraction of sp³-hybridized carbons (Fsp3) is 0.156. The number of methoxy groups -OCH3 is 1. The highest BCUT2D eigenvalue weighted by atomic mass is 32.2. The van der Waals surface area contributed by atoms with Gasteiger partial charge in [-0.15, -0.1) is 10.2 Å². The zero-order valence-electron chi connectivity index (χ0n) is 23.7. The molecule has 5 rings (SSSR count). The summed E-state index contributed by atoms with van der Waals surface area (Å²) in [5.41, 5.74) is 6.01. The number of carbonyl (C=O) groups is 1. The summed E-state index contributed by atoms with van der Waals surface area (Å²) in [5.74, 6) is 2.35. The van der Waals surface area contributed by atoms with Gasteiger partial charge in [-0.1, -0.05) is 42.1 Å². The number of nitrogens with zero attached hydrogens (tertiary/aromatic N) is 5. The summed E-state index contributed by atoms with van der Waals surface area (Å²) >= 11 is 1.25. The number of thioether (sulfide) groups is 1. The molecule has 0 saturated heterocycles. The summed E-state index contributed by atoms with van der Waals surface area (Å²) in [6.07, 6.45) is 4.97. The summed E-state index contributed by atoms with van der Waals surface area (Å²) in [7, 11) is 1.58. The molecule has 0 atom stereocenters. The summed E-state index contributed by atoms with van der Waals surface area (Å²) in [5, 5.41) is 13.4. The van der Waals surface area contributed by atoms with E-state index in [9.17, 15) is 4.79 Å². The maximum Gasteiger partial charge on any atom is 0.250 e. The first kappa shape index (κ1) is 29.3. The fourth-order valence-electron chi connectivity index (χ4n) is 4.10. The van der Waals surface area contributed by atoms with Crippen LogP contribution in [0.1, 0.15) is 18.1 Å².